The van der Waals surface area contributed by atoms with Crippen LogP contribution in [0.15, 0.2) is 46.0 Å². The SMILES string of the molecule is CC(Sc1cccs1)C(=O)Nc1ccccc1N. The van der Waals surface area contributed by atoms with E-state index in [2.05, 4.69) is 5.32 Å². The lowest BCUT2D eigenvalue weighted by Gasteiger charge is -2.12. The molecular formula is C13H14N2OS2. The van der Waals surface area contributed by atoms with Crippen molar-refractivity contribution in [2.45, 2.75) is 16.4 Å². The van der Waals surface area contributed by atoms with Gasteiger partial charge in [0, 0.05) is 0 Å². The van der Waals surface area contributed by atoms with Crippen LogP contribution in [0.3, 0.4) is 0 Å². The Morgan fingerprint density at radius 3 is 2.78 bits per heavy atom. The van der Waals surface area contributed by atoms with E-state index < -0.39 is 0 Å². The van der Waals surface area contributed by atoms with Crippen molar-refractivity contribution in [3.05, 3.63) is 41.8 Å². The van der Waals surface area contributed by atoms with Crippen LogP contribution in [0, 0.1) is 0 Å². The molecule has 2 aromatic rings. The molecule has 0 saturated heterocycles. The molecule has 94 valence electrons. The topological polar surface area (TPSA) is 55.1 Å². The molecule has 5 heteroatoms. The Balaban J connectivity index is 1.98. The van der Waals surface area contributed by atoms with Crippen LogP contribution < -0.4 is 11.1 Å². The molecule has 0 aliphatic rings. The maximum atomic E-state index is 12.0. The number of anilines is 2. The van der Waals surface area contributed by atoms with Crippen molar-refractivity contribution in [2.75, 3.05) is 11.1 Å². The summed E-state index contributed by atoms with van der Waals surface area (Å²) in [6.07, 6.45) is 0. The fourth-order valence-electron chi connectivity index (χ4n) is 1.40. The van der Waals surface area contributed by atoms with Gasteiger partial charge in [0.05, 0.1) is 20.8 Å². The van der Waals surface area contributed by atoms with Gasteiger partial charge in [-0.25, -0.2) is 0 Å². The molecule has 0 fully saturated rings. The predicted molar refractivity (Wildman–Crippen MR) is 79.1 cm³/mol. The minimum Gasteiger partial charge on any atom is -0.397 e. The van der Waals surface area contributed by atoms with Crippen molar-refractivity contribution in [2.24, 2.45) is 0 Å². The molecular weight excluding hydrogens is 264 g/mol. The summed E-state index contributed by atoms with van der Waals surface area (Å²) in [4.78, 5) is 12.0. The van der Waals surface area contributed by atoms with Crippen molar-refractivity contribution >= 4 is 40.4 Å². The van der Waals surface area contributed by atoms with Crippen LogP contribution in [-0.4, -0.2) is 11.2 Å². The number of benzene rings is 1. The number of hydrogen-bond acceptors (Lipinski definition) is 4. The zero-order chi connectivity index (χ0) is 13.0. The Kier molecular flexibility index (Phi) is 4.28. The van der Waals surface area contributed by atoms with Crippen molar-refractivity contribution < 1.29 is 4.79 Å². The van der Waals surface area contributed by atoms with Crippen molar-refractivity contribution in [1.82, 2.24) is 0 Å². The first kappa shape index (κ1) is 13.0. The largest absolute Gasteiger partial charge is 0.397 e. The van der Waals surface area contributed by atoms with Gasteiger partial charge in [-0.2, -0.15) is 0 Å². The summed E-state index contributed by atoms with van der Waals surface area (Å²) >= 11 is 3.19. The fourth-order valence-corrected chi connectivity index (χ4v) is 3.35. The molecule has 1 heterocycles. The van der Waals surface area contributed by atoms with Crippen LogP contribution in [0.1, 0.15) is 6.92 Å². The van der Waals surface area contributed by atoms with Gasteiger partial charge in [0.2, 0.25) is 5.91 Å². The average Bonchev–Trinajstić information content (AvgIpc) is 2.84. The third kappa shape index (κ3) is 3.27. The molecule has 0 saturated carbocycles. The number of nitrogens with one attached hydrogen (secondary N) is 1. The van der Waals surface area contributed by atoms with E-state index in [0.717, 1.165) is 4.21 Å². The molecule has 1 aromatic carbocycles. The molecule has 0 radical (unpaired) electrons. The highest BCUT2D eigenvalue weighted by Gasteiger charge is 2.15. The fraction of sp³-hybridized carbons (Fsp3) is 0.154. The predicted octanol–water partition coefficient (Wildman–Crippen LogP) is 3.45. The van der Waals surface area contributed by atoms with Crippen LogP contribution in [0.25, 0.3) is 0 Å². The van der Waals surface area contributed by atoms with Gasteiger partial charge in [0.15, 0.2) is 0 Å². The first-order valence-corrected chi connectivity index (χ1v) is 7.28. The number of nitrogens with two attached hydrogens (primary N) is 1. The van der Waals surface area contributed by atoms with Crippen LogP contribution in [0.2, 0.25) is 0 Å². The van der Waals surface area contributed by atoms with Gasteiger partial charge in [-0.05, 0) is 30.5 Å². The smallest absolute Gasteiger partial charge is 0.237 e. The molecule has 18 heavy (non-hydrogen) atoms. The summed E-state index contributed by atoms with van der Waals surface area (Å²) in [5.41, 5.74) is 7.04. The number of para-hydroxylation sites is 2. The number of thioether (sulfide) groups is 1. The third-order valence-corrected chi connectivity index (χ3v) is 4.55. The van der Waals surface area contributed by atoms with E-state index in [1.54, 1.807) is 35.2 Å². The van der Waals surface area contributed by atoms with E-state index in [4.69, 9.17) is 5.73 Å². The second-order valence-corrected chi connectivity index (χ2v) is 6.36. The lowest BCUT2D eigenvalue weighted by molar-refractivity contribution is -0.115. The number of carbonyl (C=O) groups is 1. The number of amides is 1. The van der Waals surface area contributed by atoms with E-state index in [0.29, 0.717) is 11.4 Å². The van der Waals surface area contributed by atoms with E-state index in [-0.39, 0.29) is 11.2 Å². The Hall–Kier alpha value is -1.46. The highest BCUT2D eigenvalue weighted by Crippen LogP contribution is 2.28. The molecule has 1 unspecified atom stereocenters. The van der Waals surface area contributed by atoms with Gasteiger partial charge >= 0.3 is 0 Å². The minimum absolute atomic E-state index is 0.0358. The van der Waals surface area contributed by atoms with Crippen LogP contribution in [-0.2, 0) is 4.79 Å². The molecule has 2 rings (SSSR count). The maximum absolute atomic E-state index is 12.0. The van der Waals surface area contributed by atoms with Gasteiger partial charge in [-0.15, -0.1) is 23.1 Å². The highest BCUT2D eigenvalue weighted by atomic mass is 32.2. The molecule has 3 N–H and O–H groups in total. The number of rotatable bonds is 4. The zero-order valence-corrected chi connectivity index (χ0v) is 11.6. The van der Waals surface area contributed by atoms with Crippen molar-refractivity contribution in [1.29, 1.82) is 0 Å². The normalized spacial score (nSPS) is 12.1. The van der Waals surface area contributed by atoms with Gasteiger partial charge in [0.1, 0.15) is 0 Å². The van der Waals surface area contributed by atoms with Gasteiger partial charge < -0.3 is 11.1 Å². The lowest BCUT2D eigenvalue weighted by atomic mass is 10.2. The van der Waals surface area contributed by atoms with Crippen molar-refractivity contribution in [3.63, 3.8) is 0 Å². The molecule has 3 nitrogen and oxygen atoms in total. The Labute approximate surface area is 114 Å². The molecule has 0 aliphatic carbocycles. The average molecular weight is 278 g/mol. The van der Waals surface area contributed by atoms with Crippen LogP contribution in [0.5, 0.6) is 0 Å². The van der Waals surface area contributed by atoms with Crippen molar-refractivity contribution in [3.8, 4) is 0 Å². The number of nitrogen functional groups attached to an aromatic ring is 1. The van der Waals surface area contributed by atoms with Gasteiger partial charge in [0.25, 0.3) is 0 Å². The van der Waals surface area contributed by atoms with E-state index in [9.17, 15) is 4.79 Å². The standard InChI is InChI=1S/C13H14N2OS2/c1-9(18-12-7-4-8-17-12)13(16)15-11-6-3-2-5-10(11)14/h2-9H,14H2,1H3,(H,15,16). The minimum atomic E-state index is -0.150. The number of hydrogen-bond donors (Lipinski definition) is 2. The van der Waals surface area contributed by atoms with Gasteiger partial charge in [-0.3, -0.25) is 4.79 Å². The summed E-state index contributed by atoms with van der Waals surface area (Å²) in [5, 5.41) is 4.69. The molecule has 0 spiro atoms. The second-order valence-electron chi connectivity index (χ2n) is 3.77. The first-order valence-electron chi connectivity index (χ1n) is 5.52. The summed E-state index contributed by atoms with van der Waals surface area (Å²) in [5.74, 6) is -0.0358. The lowest BCUT2D eigenvalue weighted by Crippen LogP contribution is -2.22. The van der Waals surface area contributed by atoms with Crippen LogP contribution >= 0.6 is 23.1 Å². The molecule has 0 bridgehead atoms. The summed E-state index contributed by atoms with van der Waals surface area (Å²) in [6.45, 7) is 1.89. The number of carbonyl (C=O) groups excluding carboxylic acids is 1. The quantitative estimate of drug-likeness (QED) is 0.665. The number of thiophene rings is 1. The maximum Gasteiger partial charge on any atom is 0.237 e. The Bertz CT molecular complexity index is 526. The van der Waals surface area contributed by atoms with E-state index >= 15 is 0 Å². The third-order valence-electron chi connectivity index (χ3n) is 2.38. The second kappa shape index (κ2) is 5.93. The summed E-state index contributed by atoms with van der Waals surface area (Å²) in [6, 6.07) is 11.3. The van der Waals surface area contributed by atoms with Crippen LogP contribution in [0.4, 0.5) is 11.4 Å². The Morgan fingerprint density at radius 1 is 1.33 bits per heavy atom. The first-order chi connectivity index (χ1) is 8.66. The van der Waals surface area contributed by atoms with Gasteiger partial charge in [-0.1, -0.05) is 18.2 Å². The Morgan fingerprint density at radius 2 is 2.11 bits per heavy atom. The molecule has 1 amide bonds. The highest BCUT2D eigenvalue weighted by molar-refractivity contribution is 8.02. The molecule has 0 aliphatic heterocycles. The monoisotopic (exact) mass is 278 g/mol. The summed E-state index contributed by atoms with van der Waals surface area (Å²) in [7, 11) is 0. The van der Waals surface area contributed by atoms with E-state index in [1.165, 1.54) is 0 Å². The molecule has 1 atom stereocenters. The summed E-state index contributed by atoms with van der Waals surface area (Å²) < 4.78 is 1.14. The van der Waals surface area contributed by atoms with E-state index in [1.807, 2.05) is 36.6 Å². The molecule has 1 aromatic heterocycles. The zero-order valence-electron chi connectivity index (χ0n) is 9.92.